The molecule has 0 radical (unpaired) electrons. The minimum absolute atomic E-state index is 0.269. The van der Waals surface area contributed by atoms with Gasteiger partial charge in [-0.15, -0.1) is 0 Å². The maximum Gasteiger partial charge on any atom is 0.227 e. The molecule has 0 atom stereocenters. The van der Waals surface area contributed by atoms with Crippen LogP contribution in [0.3, 0.4) is 0 Å². The number of allylic oxidation sites excluding steroid dienone is 2. The molecule has 0 aliphatic carbocycles. The normalized spacial score (nSPS) is 11.0. The number of carbonyl (C=O) groups excluding carboxylic acids is 1. The average Bonchev–Trinajstić information content (AvgIpc) is 1.84. The highest BCUT2D eigenvalue weighted by molar-refractivity contribution is 6.64. The Labute approximate surface area is 73.4 Å². The zero-order chi connectivity index (χ0) is 9.07. The number of hydrogen-bond donors (Lipinski definition) is 0. The van der Waals surface area contributed by atoms with Crippen LogP contribution in [0.5, 0.6) is 0 Å². The molecule has 0 aromatic heterocycles. The topological polar surface area (TPSA) is 17.1 Å². The lowest BCUT2D eigenvalue weighted by atomic mass is 9.90. The van der Waals surface area contributed by atoms with Gasteiger partial charge in [0.15, 0.2) is 0 Å². The highest BCUT2D eigenvalue weighted by atomic mass is 35.5. The lowest BCUT2D eigenvalue weighted by Crippen LogP contribution is -2.18. The van der Waals surface area contributed by atoms with E-state index in [2.05, 4.69) is 0 Å². The van der Waals surface area contributed by atoms with Crippen molar-refractivity contribution in [3.8, 4) is 0 Å². The van der Waals surface area contributed by atoms with Crippen molar-refractivity contribution in [1.29, 1.82) is 0 Å². The molecule has 64 valence electrons. The van der Waals surface area contributed by atoms with E-state index in [1.54, 1.807) is 0 Å². The zero-order valence-corrected chi connectivity index (χ0v) is 8.33. The number of carbonyl (C=O) groups is 1. The average molecular weight is 175 g/mol. The number of halogens is 1. The van der Waals surface area contributed by atoms with Gasteiger partial charge in [-0.05, 0) is 31.9 Å². The smallest absolute Gasteiger partial charge is 0.227 e. The van der Waals surface area contributed by atoms with Crippen LogP contribution in [0.15, 0.2) is 11.6 Å². The Bertz CT molecular complexity index is 176. The maximum atomic E-state index is 10.8. The second-order valence-electron chi connectivity index (χ2n) is 3.64. The Kier molecular flexibility index (Phi) is 3.81. The van der Waals surface area contributed by atoms with Crippen LogP contribution in [0, 0.1) is 5.41 Å². The minimum atomic E-state index is -0.418. The number of hydrogen-bond acceptors (Lipinski definition) is 1. The Balaban J connectivity index is 4.14. The minimum Gasteiger partial charge on any atom is -0.281 e. The van der Waals surface area contributed by atoms with Crippen LogP contribution < -0.4 is 0 Å². The van der Waals surface area contributed by atoms with E-state index in [4.69, 9.17) is 11.6 Å². The van der Waals surface area contributed by atoms with E-state index in [1.165, 1.54) is 5.57 Å². The van der Waals surface area contributed by atoms with Gasteiger partial charge in [0.1, 0.15) is 0 Å². The van der Waals surface area contributed by atoms with Gasteiger partial charge in [0.2, 0.25) is 5.24 Å². The molecule has 0 heterocycles. The summed E-state index contributed by atoms with van der Waals surface area (Å²) >= 11 is 5.38. The van der Waals surface area contributed by atoms with Crippen LogP contribution in [-0.2, 0) is 4.79 Å². The third kappa shape index (κ3) is 4.20. The molecule has 0 saturated carbocycles. The molecule has 0 N–H and O–H groups in total. The van der Waals surface area contributed by atoms with Crippen LogP contribution in [-0.4, -0.2) is 5.24 Å². The predicted molar refractivity (Wildman–Crippen MR) is 48.7 cm³/mol. The molecule has 11 heavy (non-hydrogen) atoms. The van der Waals surface area contributed by atoms with E-state index in [-0.39, 0.29) is 5.24 Å². The van der Waals surface area contributed by atoms with Gasteiger partial charge >= 0.3 is 0 Å². The molecule has 0 aliphatic heterocycles. The summed E-state index contributed by atoms with van der Waals surface area (Å²) in [5.41, 5.74) is 0.801. The highest BCUT2D eigenvalue weighted by Gasteiger charge is 2.23. The molecule has 2 heteroatoms. The summed E-state index contributed by atoms with van der Waals surface area (Å²) in [6, 6.07) is 0. The summed E-state index contributed by atoms with van der Waals surface area (Å²) in [5.74, 6) is 0. The molecule has 0 unspecified atom stereocenters. The summed E-state index contributed by atoms with van der Waals surface area (Å²) in [5, 5.41) is -0.269. The van der Waals surface area contributed by atoms with Crippen LogP contribution in [0.4, 0.5) is 0 Å². The van der Waals surface area contributed by atoms with Crippen molar-refractivity contribution < 1.29 is 4.79 Å². The zero-order valence-electron chi connectivity index (χ0n) is 7.57. The highest BCUT2D eigenvalue weighted by Crippen LogP contribution is 2.24. The molecule has 0 aromatic carbocycles. The molecule has 0 saturated heterocycles. The van der Waals surface area contributed by atoms with Crippen molar-refractivity contribution in [1.82, 2.24) is 0 Å². The first-order valence-corrected chi connectivity index (χ1v) is 4.07. The fraction of sp³-hybridized carbons (Fsp3) is 0.667. The maximum absolute atomic E-state index is 10.8. The molecule has 0 aromatic rings. The van der Waals surface area contributed by atoms with Gasteiger partial charge < -0.3 is 0 Å². The fourth-order valence-corrected chi connectivity index (χ4v) is 0.617. The van der Waals surface area contributed by atoms with Gasteiger partial charge in [-0.3, -0.25) is 4.79 Å². The fourth-order valence-electron chi connectivity index (χ4n) is 0.540. The molecule has 0 aliphatic rings. The quantitative estimate of drug-likeness (QED) is 0.475. The van der Waals surface area contributed by atoms with E-state index in [1.807, 2.05) is 33.8 Å². The molecule has 0 spiro atoms. The van der Waals surface area contributed by atoms with Crippen LogP contribution in [0.1, 0.15) is 34.1 Å². The predicted octanol–water partition coefficient (Wildman–Crippen LogP) is 3.13. The number of rotatable bonds is 3. The van der Waals surface area contributed by atoms with Crippen molar-refractivity contribution >= 4 is 16.8 Å². The van der Waals surface area contributed by atoms with E-state index in [0.717, 1.165) is 6.42 Å². The second-order valence-corrected chi connectivity index (χ2v) is 3.99. The summed E-state index contributed by atoms with van der Waals surface area (Å²) in [6.07, 6.45) is 2.75. The van der Waals surface area contributed by atoms with E-state index < -0.39 is 5.41 Å². The Morgan fingerprint density at radius 3 is 2.18 bits per heavy atom. The lowest BCUT2D eigenvalue weighted by Gasteiger charge is -2.16. The van der Waals surface area contributed by atoms with E-state index in [0.29, 0.717) is 0 Å². The van der Waals surface area contributed by atoms with Crippen molar-refractivity contribution in [2.75, 3.05) is 0 Å². The van der Waals surface area contributed by atoms with Crippen molar-refractivity contribution in [3.63, 3.8) is 0 Å². The van der Waals surface area contributed by atoms with E-state index >= 15 is 0 Å². The van der Waals surface area contributed by atoms with Gasteiger partial charge in [-0.25, -0.2) is 0 Å². The molecule has 0 fully saturated rings. The first kappa shape index (κ1) is 10.7. The third-order valence-corrected chi connectivity index (χ3v) is 2.06. The Hall–Kier alpha value is -0.300. The molecule has 0 rings (SSSR count). The summed E-state index contributed by atoms with van der Waals surface area (Å²) in [7, 11) is 0. The lowest BCUT2D eigenvalue weighted by molar-refractivity contribution is -0.118. The SMILES string of the molecule is CC(C)=CCC(C)(C)C(=O)Cl. The monoisotopic (exact) mass is 174 g/mol. The summed E-state index contributed by atoms with van der Waals surface area (Å²) < 4.78 is 0. The van der Waals surface area contributed by atoms with Crippen LogP contribution in [0.2, 0.25) is 0 Å². The van der Waals surface area contributed by atoms with Crippen molar-refractivity contribution in [3.05, 3.63) is 11.6 Å². The third-order valence-electron chi connectivity index (χ3n) is 1.55. The first-order valence-electron chi connectivity index (χ1n) is 3.69. The summed E-state index contributed by atoms with van der Waals surface area (Å²) in [6.45, 7) is 7.72. The Morgan fingerprint density at radius 2 is 1.91 bits per heavy atom. The molecule has 0 bridgehead atoms. The largest absolute Gasteiger partial charge is 0.281 e. The molecular weight excluding hydrogens is 160 g/mol. The van der Waals surface area contributed by atoms with Crippen LogP contribution in [0.25, 0.3) is 0 Å². The van der Waals surface area contributed by atoms with Gasteiger partial charge in [-0.2, -0.15) is 0 Å². The van der Waals surface area contributed by atoms with Gasteiger partial charge in [0.05, 0.1) is 0 Å². The molecular formula is C9H15ClO. The van der Waals surface area contributed by atoms with Gasteiger partial charge in [0.25, 0.3) is 0 Å². The van der Waals surface area contributed by atoms with Crippen molar-refractivity contribution in [2.45, 2.75) is 34.1 Å². The molecule has 0 amide bonds. The Morgan fingerprint density at radius 1 is 1.45 bits per heavy atom. The summed E-state index contributed by atoms with van der Waals surface area (Å²) in [4.78, 5) is 10.8. The second kappa shape index (κ2) is 3.91. The standard InChI is InChI=1S/C9H15ClO/c1-7(2)5-6-9(3,4)8(10)11/h5H,6H2,1-4H3. The van der Waals surface area contributed by atoms with E-state index in [9.17, 15) is 4.79 Å². The molecule has 1 nitrogen and oxygen atoms in total. The van der Waals surface area contributed by atoms with Crippen molar-refractivity contribution in [2.24, 2.45) is 5.41 Å². The first-order chi connectivity index (χ1) is 4.86. The van der Waals surface area contributed by atoms with Gasteiger partial charge in [0, 0.05) is 5.41 Å². The van der Waals surface area contributed by atoms with Crippen LogP contribution >= 0.6 is 11.6 Å². The van der Waals surface area contributed by atoms with Gasteiger partial charge in [-0.1, -0.05) is 25.5 Å².